The summed E-state index contributed by atoms with van der Waals surface area (Å²) in [5, 5.41) is 16.0. The summed E-state index contributed by atoms with van der Waals surface area (Å²) >= 11 is 0. The number of nitrogens with zero attached hydrogens (tertiary/aromatic N) is 2. The molecule has 0 spiro atoms. The van der Waals surface area contributed by atoms with E-state index in [1.807, 2.05) is 18.2 Å². The van der Waals surface area contributed by atoms with Crippen molar-refractivity contribution in [3.63, 3.8) is 0 Å². The van der Waals surface area contributed by atoms with E-state index in [1.54, 1.807) is 13.2 Å². The summed E-state index contributed by atoms with van der Waals surface area (Å²) in [5.74, 6) is 1.24. The van der Waals surface area contributed by atoms with Crippen LogP contribution in [0.4, 0.5) is 5.82 Å². The van der Waals surface area contributed by atoms with Gasteiger partial charge in [0.15, 0.2) is 0 Å². The van der Waals surface area contributed by atoms with Crippen molar-refractivity contribution in [2.75, 3.05) is 25.5 Å². The summed E-state index contributed by atoms with van der Waals surface area (Å²) in [6, 6.07) is 9.49. The van der Waals surface area contributed by atoms with Gasteiger partial charge in [0.1, 0.15) is 17.6 Å². The van der Waals surface area contributed by atoms with E-state index in [0.717, 1.165) is 23.1 Å². The molecular weight excluding hydrogens is 280 g/mol. The lowest BCUT2D eigenvalue weighted by atomic mass is 10.1. The molecule has 0 saturated heterocycles. The summed E-state index contributed by atoms with van der Waals surface area (Å²) in [4.78, 5) is 15.3. The number of carbonyl (C=O) groups is 1. The van der Waals surface area contributed by atoms with Gasteiger partial charge in [-0.15, -0.1) is 0 Å². The predicted octanol–water partition coefficient (Wildman–Crippen LogP) is 2.05. The second kappa shape index (κ2) is 7.27. The molecule has 0 atom stereocenters. The smallest absolute Gasteiger partial charge is 0.216 e. The molecular formula is C16H18N4O2. The maximum atomic E-state index is 10.8. The number of methoxy groups -OCH3 is 1. The number of pyridine rings is 1. The van der Waals surface area contributed by atoms with E-state index in [2.05, 4.69) is 21.7 Å². The molecule has 0 aliphatic carbocycles. The zero-order valence-electron chi connectivity index (χ0n) is 12.6. The highest BCUT2D eigenvalue weighted by molar-refractivity contribution is 5.84. The van der Waals surface area contributed by atoms with E-state index in [4.69, 9.17) is 4.74 Å². The van der Waals surface area contributed by atoms with Crippen molar-refractivity contribution in [2.45, 2.75) is 13.3 Å². The number of amides is 1. The third-order valence-electron chi connectivity index (χ3n) is 3.16. The Labute approximate surface area is 129 Å². The number of nitriles is 1. The summed E-state index contributed by atoms with van der Waals surface area (Å²) < 4.78 is 5.18. The van der Waals surface area contributed by atoms with Gasteiger partial charge in [0.05, 0.1) is 18.2 Å². The number of nitrogens with one attached hydrogen (secondary N) is 2. The highest BCUT2D eigenvalue weighted by Crippen LogP contribution is 2.23. The Balaban J connectivity index is 2.12. The van der Waals surface area contributed by atoms with Crippen LogP contribution < -0.4 is 15.4 Å². The molecule has 0 saturated carbocycles. The van der Waals surface area contributed by atoms with Gasteiger partial charge in [0, 0.05) is 25.4 Å². The zero-order chi connectivity index (χ0) is 15.9. The molecule has 0 aliphatic rings. The summed E-state index contributed by atoms with van der Waals surface area (Å²) in [5.41, 5.74) is 1.28. The molecule has 6 nitrogen and oxygen atoms in total. The molecule has 0 radical (unpaired) electrons. The van der Waals surface area contributed by atoms with E-state index in [1.165, 1.54) is 6.92 Å². The largest absolute Gasteiger partial charge is 0.497 e. The van der Waals surface area contributed by atoms with E-state index in [9.17, 15) is 10.1 Å². The fourth-order valence-electron chi connectivity index (χ4n) is 2.06. The first-order chi connectivity index (χ1) is 10.6. The molecule has 1 amide bonds. The zero-order valence-corrected chi connectivity index (χ0v) is 12.6. The van der Waals surface area contributed by atoms with Crippen LogP contribution >= 0.6 is 0 Å². The standard InChI is InChI=1S/C16H18N4O2/c1-11(21)18-6-3-7-19-16-13(10-17)8-12-9-14(22-2)4-5-15(12)20-16/h4-5,8-9H,3,6-7H2,1-2H3,(H,18,21)(H,19,20). The molecule has 2 N–H and O–H groups in total. The lowest BCUT2D eigenvalue weighted by molar-refractivity contribution is -0.118. The fourth-order valence-corrected chi connectivity index (χ4v) is 2.06. The lowest BCUT2D eigenvalue weighted by Crippen LogP contribution is -2.22. The molecule has 0 bridgehead atoms. The average Bonchev–Trinajstić information content (AvgIpc) is 2.52. The average molecular weight is 298 g/mol. The molecule has 0 aliphatic heterocycles. The number of benzene rings is 1. The first kappa shape index (κ1) is 15.6. The molecule has 0 unspecified atom stereocenters. The van der Waals surface area contributed by atoms with Crippen LogP contribution in [0, 0.1) is 11.3 Å². The van der Waals surface area contributed by atoms with Crippen molar-refractivity contribution in [1.29, 1.82) is 5.26 Å². The van der Waals surface area contributed by atoms with Crippen LogP contribution in [0.2, 0.25) is 0 Å². The van der Waals surface area contributed by atoms with Gasteiger partial charge < -0.3 is 15.4 Å². The van der Waals surface area contributed by atoms with Gasteiger partial charge in [-0.25, -0.2) is 4.98 Å². The Hall–Kier alpha value is -2.81. The van der Waals surface area contributed by atoms with Crippen molar-refractivity contribution in [3.05, 3.63) is 29.8 Å². The normalized spacial score (nSPS) is 10.0. The van der Waals surface area contributed by atoms with Crippen LogP contribution in [-0.4, -0.2) is 31.1 Å². The Morgan fingerprint density at radius 2 is 2.18 bits per heavy atom. The van der Waals surface area contributed by atoms with Crippen LogP contribution in [0.25, 0.3) is 10.9 Å². The maximum Gasteiger partial charge on any atom is 0.216 e. The van der Waals surface area contributed by atoms with Crippen LogP contribution in [0.5, 0.6) is 5.75 Å². The Bertz CT molecular complexity index is 722. The highest BCUT2D eigenvalue weighted by Gasteiger charge is 2.07. The highest BCUT2D eigenvalue weighted by atomic mass is 16.5. The molecule has 114 valence electrons. The molecule has 0 fully saturated rings. The first-order valence-corrected chi connectivity index (χ1v) is 7.01. The third-order valence-corrected chi connectivity index (χ3v) is 3.16. The first-order valence-electron chi connectivity index (χ1n) is 7.01. The number of fused-ring (bicyclic) bond motifs is 1. The van der Waals surface area contributed by atoms with Gasteiger partial charge in [-0.1, -0.05) is 0 Å². The second-order valence-corrected chi connectivity index (χ2v) is 4.82. The van der Waals surface area contributed by atoms with E-state index in [0.29, 0.717) is 24.5 Å². The van der Waals surface area contributed by atoms with Gasteiger partial charge in [-0.3, -0.25) is 4.79 Å². The van der Waals surface area contributed by atoms with Crippen molar-refractivity contribution >= 4 is 22.6 Å². The minimum absolute atomic E-state index is 0.0458. The Morgan fingerprint density at radius 3 is 2.86 bits per heavy atom. The van der Waals surface area contributed by atoms with Crippen LogP contribution in [0.1, 0.15) is 18.9 Å². The molecule has 2 rings (SSSR count). The number of hydrogen-bond acceptors (Lipinski definition) is 5. The number of aromatic nitrogens is 1. The van der Waals surface area contributed by atoms with Crippen LogP contribution in [0.3, 0.4) is 0 Å². The minimum atomic E-state index is -0.0458. The molecule has 1 heterocycles. The number of hydrogen-bond donors (Lipinski definition) is 2. The number of carbonyl (C=O) groups excluding carboxylic acids is 1. The monoisotopic (exact) mass is 298 g/mol. The van der Waals surface area contributed by atoms with Gasteiger partial charge in [0.2, 0.25) is 5.91 Å². The maximum absolute atomic E-state index is 10.8. The van der Waals surface area contributed by atoms with Gasteiger partial charge in [-0.05, 0) is 30.7 Å². The van der Waals surface area contributed by atoms with Crippen molar-refractivity contribution in [2.24, 2.45) is 0 Å². The van der Waals surface area contributed by atoms with Gasteiger partial charge in [-0.2, -0.15) is 5.26 Å². The van der Waals surface area contributed by atoms with Gasteiger partial charge in [0.25, 0.3) is 0 Å². The molecule has 6 heteroatoms. The summed E-state index contributed by atoms with van der Waals surface area (Å²) in [6.45, 7) is 2.71. The molecule has 1 aromatic carbocycles. The van der Waals surface area contributed by atoms with Crippen LogP contribution in [-0.2, 0) is 4.79 Å². The summed E-state index contributed by atoms with van der Waals surface area (Å²) in [7, 11) is 1.60. The summed E-state index contributed by atoms with van der Waals surface area (Å²) in [6.07, 6.45) is 0.757. The number of anilines is 1. The van der Waals surface area contributed by atoms with E-state index in [-0.39, 0.29) is 5.91 Å². The van der Waals surface area contributed by atoms with Crippen molar-refractivity contribution in [1.82, 2.24) is 10.3 Å². The lowest BCUT2D eigenvalue weighted by Gasteiger charge is -2.09. The van der Waals surface area contributed by atoms with E-state index < -0.39 is 0 Å². The van der Waals surface area contributed by atoms with E-state index >= 15 is 0 Å². The number of rotatable bonds is 6. The predicted molar refractivity (Wildman–Crippen MR) is 84.8 cm³/mol. The van der Waals surface area contributed by atoms with Crippen molar-refractivity contribution in [3.8, 4) is 11.8 Å². The second-order valence-electron chi connectivity index (χ2n) is 4.82. The molecule has 22 heavy (non-hydrogen) atoms. The van der Waals surface area contributed by atoms with Crippen molar-refractivity contribution < 1.29 is 9.53 Å². The minimum Gasteiger partial charge on any atom is -0.497 e. The SMILES string of the molecule is COc1ccc2nc(NCCCNC(C)=O)c(C#N)cc2c1. The number of ether oxygens (including phenoxy) is 1. The third kappa shape index (κ3) is 3.85. The topological polar surface area (TPSA) is 87.0 Å². The fraction of sp³-hybridized carbons (Fsp3) is 0.312. The quantitative estimate of drug-likeness (QED) is 0.797. The van der Waals surface area contributed by atoms with Crippen LogP contribution in [0.15, 0.2) is 24.3 Å². The molecule has 2 aromatic rings. The Kier molecular flexibility index (Phi) is 5.15. The Morgan fingerprint density at radius 1 is 1.36 bits per heavy atom. The van der Waals surface area contributed by atoms with Gasteiger partial charge >= 0.3 is 0 Å². The molecule has 1 aromatic heterocycles.